The molecule has 0 aliphatic carbocycles. The number of rotatable bonds is 5. The number of aliphatic hydroxyl groups is 1. The summed E-state index contributed by atoms with van der Waals surface area (Å²) in [6.07, 6.45) is -1.09. The molecule has 0 bridgehead atoms. The van der Waals surface area contributed by atoms with E-state index in [-0.39, 0.29) is 18.8 Å². The van der Waals surface area contributed by atoms with Crippen LogP contribution >= 0.6 is 0 Å². The Balaban J connectivity index is 2.86. The SMILES string of the molecule is CCOC(=O)Cc1ccc(F)cc1OC(C)O. The molecule has 1 aromatic rings. The summed E-state index contributed by atoms with van der Waals surface area (Å²) in [5, 5.41) is 9.10. The summed E-state index contributed by atoms with van der Waals surface area (Å²) in [6.45, 7) is 3.39. The zero-order chi connectivity index (χ0) is 12.8. The molecule has 1 atom stereocenters. The first-order valence-electron chi connectivity index (χ1n) is 5.31. The summed E-state index contributed by atoms with van der Waals surface area (Å²) in [5.74, 6) is -0.768. The van der Waals surface area contributed by atoms with Crippen LogP contribution in [0.3, 0.4) is 0 Å². The molecule has 94 valence electrons. The molecule has 0 amide bonds. The van der Waals surface area contributed by atoms with Crippen LogP contribution in [0.15, 0.2) is 18.2 Å². The molecule has 0 aliphatic rings. The van der Waals surface area contributed by atoms with Crippen molar-refractivity contribution in [1.82, 2.24) is 0 Å². The molecule has 1 aromatic carbocycles. The van der Waals surface area contributed by atoms with Crippen molar-refractivity contribution in [3.63, 3.8) is 0 Å². The number of hydrogen-bond acceptors (Lipinski definition) is 4. The van der Waals surface area contributed by atoms with Crippen molar-refractivity contribution in [3.05, 3.63) is 29.6 Å². The molecule has 0 radical (unpaired) electrons. The van der Waals surface area contributed by atoms with Gasteiger partial charge in [0.25, 0.3) is 0 Å². The Morgan fingerprint density at radius 3 is 2.82 bits per heavy atom. The molecular formula is C12H15FO4. The summed E-state index contributed by atoms with van der Waals surface area (Å²) in [6, 6.07) is 3.79. The molecular weight excluding hydrogens is 227 g/mol. The predicted octanol–water partition coefficient (Wildman–Crippen LogP) is 1.65. The Bertz CT molecular complexity index is 390. The van der Waals surface area contributed by atoms with Gasteiger partial charge in [0, 0.05) is 11.6 Å². The van der Waals surface area contributed by atoms with E-state index in [9.17, 15) is 9.18 Å². The minimum Gasteiger partial charge on any atom is -0.466 e. The Morgan fingerprint density at radius 2 is 2.24 bits per heavy atom. The fourth-order valence-electron chi connectivity index (χ4n) is 1.34. The molecule has 0 spiro atoms. The Labute approximate surface area is 99.0 Å². The molecule has 0 saturated heterocycles. The second kappa shape index (κ2) is 6.20. The number of esters is 1. The molecule has 0 aliphatic heterocycles. The molecule has 1 rings (SSSR count). The number of carbonyl (C=O) groups is 1. The number of aliphatic hydroxyl groups excluding tert-OH is 1. The summed E-state index contributed by atoms with van der Waals surface area (Å²) in [4.78, 5) is 11.3. The van der Waals surface area contributed by atoms with Gasteiger partial charge < -0.3 is 14.6 Å². The van der Waals surface area contributed by atoms with Crippen molar-refractivity contribution >= 4 is 5.97 Å². The van der Waals surface area contributed by atoms with Crippen LogP contribution in [0.2, 0.25) is 0 Å². The highest BCUT2D eigenvalue weighted by molar-refractivity contribution is 5.73. The maximum atomic E-state index is 13.0. The molecule has 17 heavy (non-hydrogen) atoms. The zero-order valence-corrected chi connectivity index (χ0v) is 9.77. The van der Waals surface area contributed by atoms with Gasteiger partial charge in [0.15, 0.2) is 6.29 Å². The van der Waals surface area contributed by atoms with Gasteiger partial charge in [0.2, 0.25) is 0 Å². The van der Waals surface area contributed by atoms with E-state index in [1.807, 2.05) is 0 Å². The maximum absolute atomic E-state index is 13.0. The number of halogens is 1. The second-order valence-corrected chi connectivity index (χ2v) is 3.45. The van der Waals surface area contributed by atoms with E-state index in [0.717, 1.165) is 6.07 Å². The van der Waals surface area contributed by atoms with Gasteiger partial charge in [0.05, 0.1) is 13.0 Å². The third kappa shape index (κ3) is 4.40. The van der Waals surface area contributed by atoms with Gasteiger partial charge in [-0.15, -0.1) is 0 Å². The number of ether oxygens (including phenoxy) is 2. The van der Waals surface area contributed by atoms with Crippen LogP contribution < -0.4 is 4.74 Å². The Morgan fingerprint density at radius 1 is 1.53 bits per heavy atom. The van der Waals surface area contributed by atoms with Crippen LogP contribution in [0, 0.1) is 5.82 Å². The highest BCUT2D eigenvalue weighted by Crippen LogP contribution is 2.21. The van der Waals surface area contributed by atoms with Crippen molar-refractivity contribution in [2.45, 2.75) is 26.6 Å². The Kier molecular flexibility index (Phi) is 4.90. The number of hydrogen-bond donors (Lipinski definition) is 1. The summed E-state index contributed by atoms with van der Waals surface area (Å²) < 4.78 is 22.8. The molecule has 4 nitrogen and oxygen atoms in total. The van der Waals surface area contributed by atoms with Crippen LogP contribution in [0.1, 0.15) is 19.4 Å². The van der Waals surface area contributed by atoms with Crippen LogP contribution in [0.4, 0.5) is 4.39 Å². The third-order valence-corrected chi connectivity index (χ3v) is 1.97. The van der Waals surface area contributed by atoms with Crippen LogP contribution in [-0.2, 0) is 16.0 Å². The quantitative estimate of drug-likeness (QED) is 0.630. The highest BCUT2D eigenvalue weighted by Gasteiger charge is 2.12. The van der Waals surface area contributed by atoms with Crippen molar-refractivity contribution in [1.29, 1.82) is 0 Å². The van der Waals surface area contributed by atoms with E-state index in [2.05, 4.69) is 0 Å². The van der Waals surface area contributed by atoms with Gasteiger partial charge in [0.1, 0.15) is 11.6 Å². The average Bonchev–Trinajstić information content (AvgIpc) is 2.21. The first-order chi connectivity index (χ1) is 8.02. The van der Waals surface area contributed by atoms with Gasteiger partial charge in [-0.1, -0.05) is 6.07 Å². The Hall–Kier alpha value is -1.62. The molecule has 0 fully saturated rings. The van der Waals surface area contributed by atoms with Gasteiger partial charge in [-0.25, -0.2) is 4.39 Å². The van der Waals surface area contributed by atoms with Crippen LogP contribution in [0.5, 0.6) is 5.75 Å². The van der Waals surface area contributed by atoms with E-state index < -0.39 is 18.1 Å². The lowest BCUT2D eigenvalue weighted by atomic mass is 10.1. The average molecular weight is 242 g/mol. The standard InChI is InChI=1S/C12H15FO4/c1-3-16-12(15)6-9-4-5-10(13)7-11(9)17-8(2)14/h4-5,7-8,14H,3,6H2,1-2H3. The van der Waals surface area contributed by atoms with Crippen LogP contribution in [0.25, 0.3) is 0 Å². The molecule has 5 heteroatoms. The predicted molar refractivity (Wildman–Crippen MR) is 59.0 cm³/mol. The minimum atomic E-state index is -1.07. The number of benzene rings is 1. The lowest BCUT2D eigenvalue weighted by Gasteiger charge is -2.13. The molecule has 0 aromatic heterocycles. The number of carbonyl (C=O) groups excluding carboxylic acids is 1. The van der Waals surface area contributed by atoms with Crippen molar-refractivity contribution < 1.29 is 23.8 Å². The lowest BCUT2D eigenvalue weighted by molar-refractivity contribution is -0.142. The minimum absolute atomic E-state index is 0.0177. The molecule has 1 N–H and O–H groups in total. The summed E-state index contributed by atoms with van der Waals surface area (Å²) in [7, 11) is 0. The summed E-state index contributed by atoms with van der Waals surface area (Å²) in [5.41, 5.74) is 0.478. The van der Waals surface area contributed by atoms with Gasteiger partial charge >= 0.3 is 5.97 Å². The largest absolute Gasteiger partial charge is 0.466 e. The van der Waals surface area contributed by atoms with E-state index in [0.29, 0.717) is 5.56 Å². The molecule has 0 saturated carbocycles. The van der Waals surface area contributed by atoms with Crippen LogP contribution in [-0.4, -0.2) is 24.0 Å². The molecule has 0 heterocycles. The fourth-order valence-corrected chi connectivity index (χ4v) is 1.34. The second-order valence-electron chi connectivity index (χ2n) is 3.45. The zero-order valence-electron chi connectivity index (χ0n) is 9.77. The van der Waals surface area contributed by atoms with Gasteiger partial charge in [-0.2, -0.15) is 0 Å². The van der Waals surface area contributed by atoms with Crippen molar-refractivity contribution in [2.24, 2.45) is 0 Å². The normalized spacial score (nSPS) is 12.0. The third-order valence-electron chi connectivity index (χ3n) is 1.97. The molecule has 1 unspecified atom stereocenters. The van der Waals surface area contributed by atoms with E-state index in [1.165, 1.54) is 19.1 Å². The van der Waals surface area contributed by atoms with Gasteiger partial charge in [-0.05, 0) is 19.9 Å². The smallest absolute Gasteiger partial charge is 0.310 e. The highest BCUT2D eigenvalue weighted by atomic mass is 19.1. The lowest BCUT2D eigenvalue weighted by Crippen LogP contribution is -2.13. The van der Waals surface area contributed by atoms with E-state index >= 15 is 0 Å². The first-order valence-corrected chi connectivity index (χ1v) is 5.31. The monoisotopic (exact) mass is 242 g/mol. The van der Waals surface area contributed by atoms with Crippen molar-refractivity contribution in [2.75, 3.05) is 6.61 Å². The fraction of sp³-hybridized carbons (Fsp3) is 0.417. The first kappa shape index (κ1) is 13.4. The maximum Gasteiger partial charge on any atom is 0.310 e. The van der Waals surface area contributed by atoms with Crippen molar-refractivity contribution in [3.8, 4) is 5.75 Å². The van der Waals surface area contributed by atoms with E-state index in [1.54, 1.807) is 6.92 Å². The van der Waals surface area contributed by atoms with Gasteiger partial charge in [-0.3, -0.25) is 4.79 Å². The van der Waals surface area contributed by atoms with E-state index in [4.69, 9.17) is 14.6 Å². The summed E-state index contributed by atoms with van der Waals surface area (Å²) >= 11 is 0. The topological polar surface area (TPSA) is 55.8 Å².